The van der Waals surface area contributed by atoms with Gasteiger partial charge >= 0.3 is 7.60 Å². The van der Waals surface area contributed by atoms with E-state index in [0.29, 0.717) is 35.0 Å². The number of aromatic nitrogens is 4. The summed E-state index contributed by atoms with van der Waals surface area (Å²) in [6, 6.07) is 0. The molecule has 0 saturated carbocycles. The number of anilines is 1. The Morgan fingerprint density at radius 3 is 2.88 bits per heavy atom. The highest BCUT2D eigenvalue weighted by molar-refractivity contribution is 8.76. The van der Waals surface area contributed by atoms with E-state index in [1.54, 1.807) is 17.8 Å². The first-order valence-electron chi connectivity index (χ1n) is 7.77. The maximum atomic E-state index is 12.0. The van der Waals surface area contributed by atoms with Gasteiger partial charge in [-0.05, 0) is 6.92 Å². The SMILES string of the molecule is C[C@H](Cn1cnc2c(N)ncnc21)OCP(=O)(O)OCCSSCCO. The van der Waals surface area contributed by atoms with Crippen LogP contribution in [0.2, 0.25) is 0 Å². The minimum atomic E-state index is -3.81. The standard InChI is InChI=1S/C13H22N5O5PS2/c1-10(6-18-8-17-11-12(14)15-7-16-13(11)18)22-9-24(20,21)23-3-5-26-25-4-2-19/h7-8,10,19H,2-6,9H2,1H3,(H,20,21)(H2,14,15,16)/t10-/m1/s1. The molecule has 0 spiro atoms. The number of hydrogen-bond acceptors (Lipinski definition) is 10. The van der Waals surface area contributed by atoms with E-state index < -0.39 is 13.9 Å². The number of ether oxygens (including phenoxy) is 1. The second kappa shape index (κ2) is 10.5. The highest BCUT2D eigenvalue weighted by Gasteiger charge is 2.21. The number of aliphatic hydroxyl groups is 1. The molecule has 0 aliphatic heterocycles. The molecule has 0 bridgehead atoms. The fourth-order valence-electron chi connectivity index (χ4n) is 1.99. The highest BCUT2D eigenvalue weighted by Crippen LogP contribution is 2.42. The van der Waals surface area contributed by atoms with Gasteiger partial charge in [-0.1, -0.05) is 21.6 Å². The molecule has 0 aliphatic rings. The van der Waals surface area contributed by atoms with Gasteiger partial charge in [0.25, 0.3) is 0 Å². The maximum absolute atomic E-state index is 12.0. The molecule has 0 saturated heterocycles. The Morgan fingerprint density at radius 2 is 2.12 bits per heavy atom. The third kappa shape index (κ3) is 6.69. The molecule has 0 aromatic carbocycles. The van der Waals surface area contributed by atoms with Crippen LogP contribution in [0, 0.1) is 0 Å². The summed E-state index contributed by atoms with van der Waals surface area (Å²) in [5, 5.41) is 8.65. The molecule has 2 rings (SSSR count). The topological polar surface area (TPSA) is 146 Å². The lowest BCUT2D eigenvalue weighted by Crippen LogP contribution is -2.17. The normalized spacial score (nSPS) is 15.2. The van der Waals surface area contributed by atoms with Crippen LogP contribution in [-0.2, 0) is 20.4 Å². The Hall–Kier alpha value is -0.880. The van der Waals surface area contributed by atoms with Gasteiger partial charge in [0.05, 0.1) is 32.2 Å². The number of hydrogen-bond donors (Lipinski definition) is 3. The van der Waals surface area contributed by atoms with Gasteiger partial charge in [-0.2, -0.15) is 0 Å². The maximum Gasteiger partial charge on any atom is 0.353 e. The minimum Gasteiger partial charge on any atom is -0.395 e. The van der Waals surface area contributed by atoms with E-state index in [-0.39, 0.29) is 19.3 Å². The summed E-state index contributed by atoms with van der Waals surface area (Å²) >= 11 is 0. The van der Waals surface area contributed by atoms with Crippen LogP contribution < -0.4 is 5.73 Å². The molecule has 13 heteroatoms. The molecule has 0 amide bonds. The third-order valence-electron chi connectivity index (χ3n) is 3.12. The van der Waals surface area contributed by atoms with Gasteiger partial charge in [-0.15, -0.1) is 0 Å². The lowest BCUT2D eigenvalue weighted by atomic mass is 10.4. The monoisotopic (exact) mass is 423 g/mol. The summed E-state index contributed by atoms with van der Waals surface area (Å²) in [4.78, 5) is 22.0. The van der Waals surface area contributed by atoms with E-state index in [9.17, 15) is 9.46 Å². The molecule has 0 radical (unpaired) electrons. The van der Waals surface area contributed by atoms with Crippen molar-refractivity contribution in [2.24, 2.45) is 0 Å². The van der Waals surface area contributed by atoms with Crippen molar-refractivity contribution in [3.8, 4) is 0 Å². The first-order valence-corrected chi connectivity index (χ1v) is 12.0. The first kappa shape index (κ1) is 21.4. The fourth-order valence-corrected chi connectivity index (χ4v) is 4.60. The van der Waals surface area contributed by atoms with Crippen molar-refractivity contribution in [2.75, 3.05) is 36.8 Å². The van der Waals surface area contributed by atoms with Crippen LogP contribution in [-0.4, -0.2) is 66.7 Å². The van der Waals surface area contributed by atoms with Crippen LogP contribution in [0.4, 0.5) is 5.82 Å². The van der Waals surface area contributed by atoms with E-state index in [1.807, 2.05) is 0 Å². The van der Waals surface area contributed by atoms with Gasteiger partial charge in [0.15, 0.2) is 11.5 Å². The van der Waals surface area contributed by atoms with Crippen LogP contribution in [0.1, 0.15) is 6.92 Å². The van der Waals surface area contributed by atoms with E-state index in [1.165, 1.54) is 27.9 Å². The molecular formula is C13H22N5O5PS2. The molecule has 0 aliphatic carbocycles. The molecule has 10 nitrogen and oxygen atoms in total. The Labute approximate surface area is 158 Å². The third-order valence-corrected chi connectivity index (χ3v) is 6.53. The summed E-state index contributed by atoms with van der Waals surface area (Å²) in [6.45, 7) is 2.41. The molecule has 146 valence electrons. The Morgan fingerprint density at radius 1 is 1.35 bits per heavy atom. The van der Waals surface area contributed by atoms with E-state index in [0.717, 1.165) is 0 Å². The molecule has 26 heavy (non-hydrogen) atoms. The second-order valence-corrected chi connectivity index (χ2v) is 9.77. The number of aliphatic hydroxyl groups excluding tert-OH is 1. The van der Waals surface area contributed by atoms with E-state index in [2.05, 4.69) is 15.0 Å². The van der Waals surface area contributed by atoms with Crippen molar-refractivity contribution < 1.29 is 23.8 Å². The van der Waals surface area contributed by atoms with E-state index >= 15 is 0 Å². The molecule has 2 aromatic rings. The van der Waals surface area contributed by atoms with Gasteiger partial charge in [0.2, 0.25) is 0 Å². The van der Waals surface area contributed by atoms with Crippen LogP contribution in [0.15, 0.2) is 12.7 Å². The van der Waals surface area contributed by atoms with Crippen molar-refractivity contribution in [3.05, 3.63) is 12.7 Å². The van der Waals surface area contributed by atoms with Crippen LogP contribution in [0.25, 0.3) is 11.2 Å². The quantitative estimate of drug-likeness (QED) is 0.258. The molecule has 2 heterocycles. The van der Waals surface area contributed by atoms with Gasteiger partial charge in [0.1, 0.15) is 18.2 Å². The van der Waals surface area contributed by atoms with Crippen LogP contribution >= 0.6 is 29.2 Å². The number of nitrogens with zero attached hydrogens (tertiary/aromatic N) is 4. The molecule has 4 N–H and O–H groups in total. The van der Waals surface area contributed by atoms with Gasteiger partial charge in [0, 0.05) is 11.5 Å². The number of rotatable bonds is 12. The number of nitrogen functional groups attached to an aromatic ring is 1. The van der Waals surface area contributed by atoms with Crippen molar-refractivity contribution in [1.82, 2.24) is 19.5 Å². The summed E-state index contributed by atoms with van der Waals surface area (Å²) in [7, 11) is -0.856. The minimum absolute atomic E-state index is 0.105. The summed E-state index contributed by atoms with van der Waals surface area (Å²) < 4.78 is 24.2. The summed E-state index contributed by atoms with van der Waals surface area (Å²) in [5.41, 5.74) is 6.83. The predicted molar refractivity (Wildman–Crippen MR) is 103 cm³/mol. The van der Waals surface area contributed by atoms with Gasteiger partial charge in [-0.3, -0.25) is 4.57 Å². The first-order chi connectivity index (χ1) is 12.4. The van der Waals surface area contributed by atoms with E-state index in [4.69, 9.17) is 20.1 Å². The molecule has 1 unspecified atom stereocenters. The fraction of sp³-hybridized carbons (Fsp3) is 0.615. The lowest BCUT2D eigenvalue weighted by molar-refractivity contribution is 0.0724. The average Bonchev–Trinajstić information content (AvgIpc) is 3.01. The number of imidazole rings is 1. The highest BCUT2D eigenvalue weighted by atomic mass is 33.1. The predicted octanol–water partition coefficient (Wildman–Crippen LogP) is 1.35. The van der Waals surface area contributed by atoms with Crippen LogP contribution in [0.5, 0.6) is 0 Å². The molecule has 0 fully saturated rings. The Kier molecular flexibility index (Phi) is 8.61. The van der Waals surface area contributed by atoms with Gasteiger partial charge in [-0.25, -0.2) is 15.0 Å². The zero-order chi connectivity index (χ0) is 19.0. The van der Waals surface area contributed by atoms with Crippen molar-refractivity contribution in [1.29, 1.82) is 0 Å². The zero-order valence-electron chi connectivity index (χ0n) is 14.2. The number of fused-ring (bicyclic) bond motifs is 1. The zero-order valence-corrected chi connectivity index (χ0v) is 16.8. The van der Waals surface area contributed by atoms with Crippen molar-refractivity contribution >= 4 is 46.2 Å². The average molecular weight is 423 g/mol. The summed E-state index contributed by atoms with van der Waals surface area (Å²) in [5.74, 6) is 1.46. The van der Waals surface area contributed by atoms with Gasteiger partial charge < -0.3 is 29.6 Å². The Bertz CT molecular complexity index is 749. The van der Waals surface area contributed by atoms with Crippen molar-refractivity contribution in [3.63, 3.8) is 0 Å². The molecule has 2 atom stereocenters. The lowest BCUT2D eigenvalue weighted by Gasteiger charge is -2.17. The number of nitrogens with two attached hydrogens (primary N) is 1. The second-order valence-electron chi connectivity index (χ2n) is 5.27. The van der Waals surface area contributed by atoms with Crippen LogP contribution in [0.3, 0.4) is 0 Å². The molecule has 2 aromatic heterocycles. The summed E-state index contributed by atoms with van der Waals surface area (Å²) in [6.07, 6.45) is 2.17. The van der Waals surface area contributed by atoms with Crippen molar-refractivity contribution in [2.45, 2.75) is 19.6 Å². The smallest absolute Gasteiger partial charge is 0.353 e. The Balaban J connectivity index is 1.75. The molecular weight excluding hydrogens is 401 g/mol. The largest absolute Gasteiger partial charge is 0.395 e.